The van der Waals surface area contributed by atoms with E-state index in [1.165, 1.54) is 26.2 Å². The minimum Gasteiger partial charge on any atom is -0.463 e. The van der Waals surface area contributed by atoms with Gasteiger partial charge in [0.1, 0.15) is 11.6 Å². The summed E-state index contributed by atoms with van der Waals surface area (Å²) in [7, 11) is 0. The molecule has 0 radical (unpaired) electrons. The van der Waals surface area contributed by atoms with Gasteiger partial charge in [-0.25, -0.2) is 29.1 Å². The van der Waals surface area contributed by atoms with Crippen LogP contribution in [0.4, 0.5) is 11.6 Å². The zero-order chi connectivity index (χ0) is 30.5. The number of anilines is 2. The molecule has 0 saturated carbocycles. The molecule has 12 nitrogen and oxygen atoms in total. The molecule has 2 aromatic heterocycles. The summed E-state index contributed by atoms with van der Waals surface area (Å²) in [6.07, 6.45) is 4.17. The van der Waals surface area contributed by atoms with Gasteiger partial charge in [0, 0.05) is 38.6 Å². The minimum absolute atomic E-state index is 0.246. The molecule has 0 bridgehead atoms. The molecule has 2 aromatic rings. The van der Waals surface area contributed by atoms with E-state index in [1.807, 2.05) is 13.8 Å². The highest BCUT2D eigenvalue weighted by atomic mass is 16.6. The van der Waals surface area contributed by atoms with Crippen molar-refractivity contribution in [3.63, 3.8) is 0 Å². The molecule has 228 valence electrons. The number of pyridine rings is 2. The first kappa shape index (κ1) is 32.3. The van der Waals surface area contributed by atoms with Gasteiger partial charge in [0.25, 0.3) is 0 Å². The second-order valence-electron chi connectivity index (χ2n) is 9.92. The van der Waals surface area contributed by atoms with E-state index in [0.717, 1.165) is 25.7 Å². The van der Waals surface area contributed by atoms with E-state index in [9.17, 15) is 19.2 Å². The van der Waals surface area contributed by atoms with Crippen molar-refractivity contribution in [2.75, 3.05) is 49.2 Å². The molecule has 42 heavy (non-hydrogen) atoms. The first-order chi connectivity index (χ1) is 20.2. The van der Waals surface area contributed by atoms with Gasteiger partial charge in [-0.2, -0.15) is 0 Å². The van der Waals surface area contributed by atoms with Gasteiger partial charge < -0.3 is 28.7 Å². The standard InChI is InChI=1S/C30H40N4O8/c1-5-7-17-39-27(35)21(3)41-29(37)23-9-11-25(31-19-23)33-13-15-34(16-14-33)26-12-10-24(20-32-26)30(38)42-22(4)28(36)40-18-8-6-2/h9-12,19-22H,5-8,13-18H2,1-4H3/t21-,22-/m1/s1. The largest absolute Gasteiger partial charge is 0.463 e. The molecule has 0 unspecified atom stereocenters. The summed E-state index contributed by atoms with van der Waals surface area (Å²) < 4.78 is 20.6. The summed E-state index contributed by atoms with van der Waals surface area (Å²) >= 11 is 0. The fraction of sp³-hybridized carbons (Fsp3) is 0.533. The van der Waals surface area contributed by atoms with Gasteiger partial charge in [-0.3, -0.25) is 0 Å². The maximum Gasteiger partial charge on any atom is 0.347 e. The Bertz CT molecular complexity index is 1090. The summed E-state index contributed by atoms with van der Waals surface area (Å²) in [4.78, 5) is 61.8. The number of piperazine rings is 1. The highest BCUT2D eigenvalue weighted by molar-refractivity contribution is 5.92. The number of aromatic nitrogens is 2. The topological polar surface area (TPSA) is 137 Å². The van der Waals surface area contributed by atoms with Crippen LogP contribution in [0.25, 0.3) is 0 Å². The van der Waals surface area contributed by atoms with Crippen molar-refractivity contribution in [3.8, 4) is 0 Å². The summed E-state index contributed by atoms with van der Waals surface area (Å²) in [6, 6.07) is 6.74. The summed E-state index contributed by atoms with van der Waals surface area (Å²) in [5, 5.41) is 0. The lowest BCUT2D eigenvalue weighted by Gasteiger charge is -2.36. The Kier molecular flexibility index (Phi) is 12.5. The van der Waals surface area contributed by atoms with E-state index in [0.29, 0.717) is 51.0 Å². The number of carbonyl (C=O) groups excluding carboxylic acids is 4. The third kappa shape index (κ3) is 9.42. The Morgan fingerprint density at radius 3 is 1.38 bits per heavy atom. The van der Waals surface area contributed by atoms with Crippen LogP contribution in [0.3, 0.4) is 0 Å². The summed E-state index contributed by atoms with van der Waals surface area (Å²) in [6.45, 7) is 10.2. The Hall–Kier alpha value is -4.22. The second kappa shape index (κ2) is 16.3. The number of esters is 4. The monoisotopic (exact) mass is 584 g/mol. The molecule has 3 heterocycles. The van der Waals surface area contributed by atoms with Crippen molar-refractivity contribution >= 4 is 35.5 Å². The molecule has 0 aliphatic carbocycles. The highest BCUT2D eigenvalue weighted by Gasteiger charge is 2.24. The van der Waals surface area contributed by atoms with Crippen LogP contribution < -0.4 is 9.80 Å². The molecular formula is C30H40N4O8. The zero-order valence-corrected chi connectivity index (χ0v) is 24.7. The average molecular weight is 585 g/mol. The van der Waals surface area contributed by atoms with Gasteiger partial charge in [0.05, 0.1) is 24.3 Å². The molecule has 0 N–H and O–H groups in total. The predicted molar refractivity (Wildman–Crippen MR) is 154 cm³/mol. The maximum atomic E-state index is 12.4. The number of nitrogens with zero attached hydrogens (tertiary/aromatic N) is 4. The Labute approximate surface area is 246 Å². The van der Waals surface area contributed by atoms with Crippen molar-refractivity contribution < 1.29 is 38.1 Å². The van der Waals surface area contributed by atoms with Crippen LogP contribution in [-0.2, 0) is 28.5 Å². The number of ether oxygens (including phenoxy) is 4. The van der Waals surface area contributed by atoms with E-state index < -0.39 is 36.1 Å². The van der Waals surface area contributed by atoms with Gasteiger partial charge in [0.2, 0.25) is 0 Å². The molecule has 1 aliphatic rings. The number of hydrogen-bond donors (Lipinski definition) is 0. The molecule has 2 atom stereocenters. The smallest absolute Gasteiger partial charge is 0.347 e. The number of unbranched alkanes of at least 4 members (excludes halogenated alkanes) is 2. The quantitative estimate of drug-likeness (QED) is 0.182. The molecular weight excluding hydrogens is 544 g/mol. The van der Waals surface area contributed by atoms with Gasteiger partial charge in [-0.1, -0.05) is 26.7 Å². The molecule has 1 fully saturated rings. The average Bonchev–Trinajstić information content (AvgIpc) is 3.01. The van der Waals surface area contributed by atoms with Crippen molar-refractivity contribution in [1.82, 2.24) is 9.97 Å². The van der Waals surface area contributed by atoms with Crippen LogP contribution >= 0.6 is 0 Å². The SMILES string of the molecule is CCCCOC(=O)[C@@H](C)OC(=O)c1ccc(N2CCN(c3ccc(C(=O)O[C@H](C)C(=O)OCCCC)cn3)CC2)nc1. The third-order valence-corrected chi connectivity index (χ3v) is 6.61. The van der Waals surface area contributed by atoms with Gasteiger partial charge in [-0.15, -0.1) is 0 Å². The fourth-order valence-corrected chi connectivity index (χ4v) is 3.97. The fourth-order valence-electron chi connectivity index (χ4n) is 3.97. The maximum absolute atomic E-state index is 12.4. The molecule has 0 aromatic carbocycles. The highest BCUT2D eigenvalue weighted by Crippen LogP contribution is 2.19. The van der Waals surface area contributed by atoms with Crippen LogP contribution in [0.1, 0.15) is 74.1 Å². The van der Waals surface area contributed by atoms with Crippen molar-refractivity contribution in [1.29, 1.82) is 0 Å². The number of carbonyl (C=O) groups is 4. The first-order valence-electron chi connectivity index (χ1n) is 14.4. The number of rotatable bonds is 14. The van der Waals surface area contributed by atoms with Crippen molar-refractivity contribution in [2.24, 2.45) is 0 Å². The molecule has 1 saturated heterocycles. The van der Waals surface area contributed by atoms with E-state index in [1.54, 1.807) is 24.3 Å². The van der Waals surface area contributed by atoms with Gasteiger partial charge in [0.15, 0.2) is 12.2 Å². The molecule has 1 aliphatic heterocycles. The molecule has 0 spiro atoms. The van der Waals surface area contributed by atoms with Crippen LogP contribution in [-0.4, -0.2) is 85.4 Å². The van der Waals surface area contributed by atoms with Gasteiger partial charge >= 0.3 is 23.9 Å². The lowest BCUT2D eigenvalue weighted by atomic mass is 10.2. The summed E-state index contributed by atoms with van der Waals surface area (Å²) in [5.41, 5.74) is 0.493. The van der Waals surface area contributed by atoms with Crippen LogP contribution in [0, 0.1) is 0 Å². The molecule has 3 rings (SSSR count). The van der Waals surface area contributed by atoms with Crippen LogP contribution in [0.2, 0.25) is 0 Å². The zero-order valence-electron chi connectivity index (χ0n) is 24.7. The Morgan fingerprint density at radius 2 is 1.07 bits per heavy atom. The Morgan fingerprint density at radius 1 is 0.690 bits per heavy atom. The molecule has 0 amide bonds. The first-order valence-corrected chi connectivity index (χ1v) is 14.4. The van der Waals surface area contributed by atoms with Crippen LogP contribution in [0.15, 0.2) is 36.7 Å². The third-order valence-electron chi connectivity index (χ3n) is 6.61. The van der Waals surface area contributed by atoms with E-state index in [2.05, 4.69) is 19.8 Å². The van der Waals surface area contributed by atoms with Gasteiger partial charge in [-0.05, 0) is 51.0 Å². The van der Waals surface area contributed by atoms with Crippen molar-refractivity contribution in [3.05, 3.63) is 47.8 Å². The molecule has 12 heteroatoms. The van der Waals surface area contributed by atoms with Crippen molar-refractivity contribution in [2.45, 2.75) is 65.6 Å². The van der Waals surface area contributed by atoms with E-state index in [4.69, 9.17) is 18.9 Å². The Balaban J connectivity index is 1.46. The normalized spacial score (nSPS) is 14.5. The van der Waals surface area contributed by atoms with E-state index in [-0.39, 0.29) is 11.1 Å². The number of hydrogen-bond acceptors (Lipinski definition) is 12. The lowest BCUT2D eigenvalue weighted by molar-refractivity contribution is -0.153. The lowest BCUT2D eigenvalue weighted by Crippen LogP contribution is -2.47. The van der Waals surface area contributed by atoms with E-state index >= 15 is 0 Å². The minimum atomic E-state index is -1.00. The predicted octanol–water partition coefficient (Wildman–Crippen LogP) is 3.58. The van der Waals surface area contributed by atoms with Crippen LogP contribution in [0.5, 0.6) is 0 Å². The second-order valence-corrected chi connectivity index (χ2v) is 9.92. The summed E-state index contributed by atoms with van der Waals surface area (Å²) in [5.74, 6) is -0.995.